The smallest absolute Gasteiger partial charge is 0.248 e. The molecule has 0 unspecified atom stereocenters. The topological polar surface area (TPSA) is 72.2 Å². The summed E-state index contributed by atoms with van der Waals surface area (Å²) in [5.74, 6) is -1.13. The van der Waals surface area contributed by atoms with E-state index < -0.39 is 5.91 Å². The second-order valence-electron chi connectivity index (χ2n) is 4.58. The van der Waals surface area contributed by atoms with Gasteiger partial charge in [-0.25, -0.2) is 4.39 Å². The minimum atomic E-state index is -0.558. The molecule has 0 atom stereocenters. The summed E-state index contributed by atoms with van der Waals surface area (Å²) >= 11 is 0. The maximum atomic E-state index is 13.4. The lowest BCUT2D eigenvalue weighted by Crippen LogP contribution is -2.14. The molecule has 5 heteroatoms. The minimum Gasteiger partial charge on any atom is -0.366 e. The van der Waals surface area contributed by atoms with Gasteiger partial charge < -0.3 is 11.1 Å². The predicted octanol–water partition coefficient (Wildman–Crippen LogP) is 2.50. The van der Waals surface area contributed by atoms with E-state index in [9.17, 15) is 14.0 Å². The fourth-order valence-corrected chi connectivity index (χ4v) is 1.92. The first-order valence-electron chi connectivity index (χ1n) is 6.49. The van der Waals surface area contributed by atoms with Gasteiger partial charge in [0.25, 0.3) is 0 Å². The van der Waals surface area contributed by atoms with E-state index in [0.29, 0.717) is 23.2 Å². The fraction of sp³-hybridized carbons (Fsp3) is 0.125. The van der Waals surface area contributed by atoms with Crippen LogP contribution in [0, 0.1) is 5.82 Å². The quantitative estimate of drug-likeness (QED) is 0.886. The van der Waals surface area contributed by atoms with Crippen molar-refractivity contribution in [3.63, 3.8) is 0 Å². The van der Waals surface area contributed by atoms with Gasteiger partial charge in [0.05, 0.1) is 0 Å². The minimum absolute atomic E-state index is 0.154. The van der Waals surface area contributed by atoms with Gasteiger partial charge in [0.1, 0.15) is 5.82 Å². The number of primary amides is 1. The van der Waals surface area contributed by atoms with E-state index in [1.165, 1.54) is 12.1 Å². The number of rotatable bonds is 5. The van der Waals surface area contributed by atoms with Gasteiger partial charge in [0, 0.05) is 17.7 Å². The molecular formula is C16H15FN2O2. The van der Waals surface area contributed by atoms with Crippen LogP contribution in [-0.4, -0.2) is 11.8 Å². The van der Waals surface area contributed by atoms with Crippen LogP contribution in [-0.2, 0) is 11.2 Å². The monoisotopic (exact) mass is 286 g/mol. The normalized spacial score (nSPS) is 10.1. The highest BCUT2D eigenvalue weighted by Crippen LogP contribution is 2.12. The highest BCUT2D eigenvalue weighted by Gasteiger charge is 2.07. The number of carbonyl (C=O) groups excluding carboxylic acids is 2. The van der Waals surface area contributed by atoms with Crippen molar-refractivity contribution in [1.29, 1.82) is 0 Å². The average Bonchev–Trinajstić information content (AvgIpc) is 2.46. The molecule has 0 bridgehead atoms. The SMILES string of the molecule is NC(=O)c1cccc(NC(=O)CCc2ccccc2F)c1. The first kappa shape index (κ1) is 14.7. The third-order valence-electron chi connectivity index (χ3n) is 3.01. The number of aryl methyl sites for hydroxylation is 1. The Bertz CT molecular complexity index is 671. The number of amides is 2. The summed E-state index contributed by atoms with van der Waals surface area (Å²) in [6, 6.07) is 12.7. The average molecular weight is 286 g/mol. The Morgan fingerprint density at radius 3 is 2.57 bits per heavy atom. The van der Waals surface area contributed by atoms with Crippen LogP contribution in [0.4, 0.5) is 10.1 Å². The van der Waals surface area contributed by atoms with E-state index in [1.54, 1.807) is 36.4 Å². The summed E-state index contributed by atoms with van der Waals surface area (Å²) in [7, 11) is 0. The first-order valence-corrected chi connectivity index (χ1v) is 6.49. The maximum Gasteiger partial charge on any atom is 0.248 e. The molecule has 2 aromatic carbocycles. The second-order valence-corrected chi connectivity index (χ2v) is 4.58. The van der Waals surface area contributed by atoms with E-state index in [-0.39, 0.29) is 18.1 Å². The van der Waals surface area contributed by atoms with Crippen LogP contribution in [0.2, 0.25) is 0 Å². The molecular weight excluding hydrogens is 271 g/mol. The van der Waals surface area contributed by atoms with Gasteiger partial charge in [-0.2, -0.15) is 0 Å². The van der Waals surface area contributed by atoms with Crippen LogP contribution in [0.1, 0.15) is 22.3 Å². The number of anilines is 1. The summed E-state index contributed by atoms with van der Waals surface area (Å²) in [5.41, 5.74) is 6.48. The summed E-state index contributed by atoms with van der Waals surface area (Å²) in [4.78, 5) is 22.9. The molecule has 0 aliphatic heterocycles. The molecule has 0 fully saturated rings. The lowest BCUT2D eigenvalue weighted by atomic mass is 10.1. The second kappa shape index (κ2) is 6.65. The van der Waals surface area contributed by atoms with E-state index in [0.717, 1.165) is 0 Å². The molecule has 0 aliphatic carbocycles. The van der Waals surface area contributed by atoms with Gasteiger partial charge in [0.15, 0.2) is 0 Å². The number of carbonyl (C=O) groups is 2. The molecule has 0 aliphatic rings. The number of nitrogens with one attached hydrogen (secondary N) is 1. The van der Waals surface area contributed by atoms with E-state index in [1.807, 2.05) is 0 Å². The molecule has 3 N–H and O–H groups in total. The van der Waals surface area contributed by atoms with E-state index >= 15 is 0 Å². The predicted molar refractivity (Wildman–Crippen MR) is 78.3 cm³/mol. The zero-order chi connectivity index (χ0) is 15.2. The van der Waals surface area contributed by atoms with Crippen LogP contribution in [0.15, 0.2) is 48.5 Å². The molecule has 2 amide bonds. The molecule has 0 saturated heterocycles. The van der Waals surface area contributed by atoms with Gasteiger partial charge in [0.2, 0.25) is 11.8 Å². The van der Waals surface area contributed by atoms with Gasteiger partial charge in [-0.1, -0.05) is 24.3 Å². The Labute approximate surface area is 121 Å². The molecule has 0 radical (unpaired) electrons. The van der Waals surface area contributed by atoms with Gasteiger partial charge in [-0.05, 0) is 36.2 Å². The number of benzene rings is 2. The van der Waals surface area contributed by atoms with Crippen molar-refractivity contribution in [1.82, 2.24) is 0 Å². The Balaban J connectivity index is 1.95. The largest absolute Gasteiger partial charge is 0.366 e. The van der Waals surface area contributed by atoms with Crippen molar-refractivity contribution in [3.8, 4) is 0 Å². The highest BCUT2D eigenvalue weighted by molar-refractivity contribution is 5.96. The maximum absolute atomic E-state index is 13.4. The zero-order valence-electron chi connectivity index (χ0n) is 11.3. The van der Waals surface area contributed by atoms with Gasteiger partial charge in [-0.15, -0.1) is 0 Å². The van der Waals surface area contributed by atoms with Crippen LogP contribution in [0.3, 0.4) is 0 Å². The summed E-state index contributed by atoms with van der Waals surface area (Å²) in [5, 5.41) is 2.66. The number of nitrogens with two attached hydrogens (primary N) is 1. The van der Waals surface area contributed by atoms with Crippen molar-refractivity contribution in [2.24, 2.45) is 5.73 Å². The zero-order valence-corrected chi connectivity index (χ0v) is 11.3. The van der Waals surface area contributed by atoms with E-state index in [2.05, 4.69) is 5.32 Å². The molecule has 2 rings (SSSR count). The van der Waals surface area contributed by atoms with Crippen molar-refractivity contribution >= 4 is 17.5 Å². The number of halogens is 1. The molecule has 0 heterocycles. The lowest BCUT2D eigenvalue weighted by Gasteiger charge is -2.07. The third-order valence-corrected chi connectivity index (χ3v) is 3.01. The molecule has 0 saturated carbocycles. The molecule has 0 spiro atoms. The first-order chi connectivity index (χ1) is 10.1. The molecule has 21 heavy (non-hydrogen) atoms. The standard InChI is InChI=1S/C16H15FN2O2/c17-14-7-2-1-4-11(14)8-9-15(20)19-13-6-3-5-12(10-13)16(18)21/h1-7,10H,8-9H2,(H2,18,21)(H,19,20). The van der Waals surface area contributed by atoms with E-state index in [4.69, 9.17) is 5.73 Å². The van der Waals surface area contributed by atoms with Gasteiger partial charge >= 0.3 is 0 Å². The van der Waals surface area contributed by atoms with Crippen LogP contribution >= 0.6 is 0 Å². The van der Waals surface area contributed by atoms with Crippen LogP contribution in [0.25, 0.3) is 0 Å². The Hall–Kier alpha value is -2.69. The third kappa shape index (κ3) is 4.14. The van der Waals surface area contributed by atoms with Crippen LogP contribution in [0.5, 0.6) is 0 Å². The van der Waals surface area contributed by atoms with Gasteiger partial charge in [-0.3, -0.25) is 9.59 Å². The van der Waals surface area contributed by atoms with Crippen molar-refractivity contribution in [3.05, 3.63) is 65.5 Å². The Kier molecular flexibility index (Phi) is 4.66. The molecule has 0 aromatic heterocycles. The summed E-state index contributed by atoms with van der Waals surface area (Å²) < 4.78 is 13.4. The van der Waals surface area contributed by atoms with Crippen molar-refractivity contribution in [2.45, 2.75) is 12.8 Å². The lowest BCUT2D eigenvalue weighted by molar-refractivity contribution is -0.116. The van der Waals surface area contributed by atoms with Crippen molar-refractivity contribution in [2.75, 3.05) is 5.32 Å². The Morgan fingerprint density at radius 2 is 1.86 bits per heavy atom. The number of hydrogen-bond acceptors (Lipinski definition) is 2. The molecule has 2 aromatic rings. The number of hydrogen-bond donors (Lipinski definition) is 2. The van der Waals surface area contributed by atoms with Crippen molar-refractivity contribution < 1.29 is 14.0 Å². The molecule has 4 nitrogen and oxygen atoms in total. The summed E-state index contributed by atoms with van der Waals surface area (Å²) in [6.45, 7) is 0. The fourth-order valence-electron chi connectivity index (χ4n) is 1.92. The Morgan fingerprint density at radius 1 is 1.10 bits per heavy atom. The summed E-state index contributed by atoms with van der Waals surface area (Å²) in [6.07, 6.45) is 0.468. The highest BCUT2D eigenvalue weighted by atomic mass is 19.1. The van der Waals surface area contributed by atoms with Crippen LogP contribution < -0.4 is 11.1 Å². The molecule has 108 valence electrons.